The lowest BCUT2D eigenvalue weighted by atomic mass is 9.99. The normalized spacial score (nSPS) is 23.7. The zero-order valence-electron chi connectivity index (χ0n) is 8.51. The Morgan fingerprint density at radius 2 is 2.25 bits per heavy atom. The lowest BCUT2D eigenvalue weighted by Gasteiger charge is -2.14. The number of thioether (sulfide) groups is 1. The molecule has 3 rings (SSSR count). The van der Waals surface area contributed by atoms with E-state index in [-0.39, 0.29) is 11.8 Å². The molecule has 3 nitrogen and oxygen atoms in total. The van der Waals surface area contributed by atoms with Crippen molar-refractivity contribution in [3.05, 3.63) is 27.8 Å². The molecular weight excluding hydrogens is 240 g/mol. The lowest BCUT2D eigenvalue weighted by molar-refractivity contribution is -0.118. The Bertz CT molecular complexity index is 540. The molecule has 5 heteroatoms. The summed E-state index contributed by atoms with van der Waals surface area (Å²) in [6, 6.07) is 4.01. The molecule has 1 aromatic rings. The summed E-state index contributed by atoms with van der Waals surface area (Å²) in [5, 5.41) is 4.89. The predicted molar refractivity (Wildman–Crippen MR) is 68.9 cm³/mol. The van der Waals surface area contributed by atoms with Gasteiger partial charge in [-0.1, -0.05) is 17.8 Å². The van der Waals surface area contributed by atoms with Crippen LogP contribution in [0.2, 0.25) is 0 Å². The molecule has 1 atom stereocenters. The van der Waals surface area contributed by atoms with Crippen LogP contribution >= 0.6 is 23.1 Å². The van der Waals surface area contributed by atoms with Crippen LogP contribution in [0.1, 0.15) is 11.8 Å². The molecular formula is C11H8N2OS2. The van der Waals surface area contributed by atoms with E-state index in [2.05, 4.69) is 9.98 Å². The average molecular weight is 248 g/mol. The number of thiophene rings is 1. The van der Waals surface area contributed by atoms with Gasteiger partial charge in [0.15, 0.2) is 0 Å². The van der Waals surface area contributed by atoms with E-state index in [1.165, 1.54) is 11.8 Å². The first kappa shape index (κ1) is 9.99. The second-order valence-corrected chi connectivity index (χ2v) is 5.39. The van der Waals surface area contributed by atoms with E-state index in [1.807, 2.05) is 22.9 Å². The second kappa shape index (κ2) is 3.68. The van der Waals surface area contributed by atoms with Crippen molar-refractivity contribution in [3.8, 4) is 0 Å². The molecule has 1 amide bonds. The van der Waals surface area contributed by atoms with Gasteiger partial charge in [-0.15, -0.1) is 11.3 Å². The maximum absolute atomic E-state index is 11.9. The maximum atomic E-state index is 11.9. The summed E-state index contributed by atoms with van der Waals surface area (Å²) >= 11 is 3.17. The van der Waals surface area contributed by atoms with Gasteiger partial charge in [0.2, 0.25) is 0 Å². The van der Waals surface area contributed by atoms with Crippen LogP contribution < -0.4 is 0 Å². The molecule has 0 N–H and O–H groups in total. The Morgan fingerprint density at radius 3 is 3.00 bits per heavy atom. The van der Waals surface area contributed by atoms with Gasteiger partial charge in [-0.05, 0) is 29.4 Å². The van der Waals surface area contributed by atoms with Crippen molar-refractivity contribution in [2.45, 2.75) is 6.92 Å². The van der Waals surface area contributed by atoms with Crippen LogP contribution in [0.15, 0.2) is 32.9 Å². The first-order valence-electron chi connectivity index (χ1n) is 4.84. The summed E-state index contributed by atoms with van der Waals surface area (Å²) in [5.41, 5.74) is 1.04. The molecule has 16 heavy (non-hydrogen) atoms. The Morgan fingerprint density at radius 1 is 1.38 bits per heavy atom. The molecule has 0 spiro atoms. The summed E-state index contributed by atoms with van der Waals surface area (Å²) in [4.78, 5) is 21.2. The van der Waals surface area contributed by atoms with E-state index in [9.17, 15) is 4.79 Å². The number of rotatable bonds is 1. The van der Waals surface area contributed by atoms with Crippen molar-refractivity contribution in [2.24, 2.45) is 15.9 Å². The van der Waals surface area contributed by atoms with Crippen molar-refractivity contribution < 1.29 is 4.79 Å². The van der Waals surface area contributed by atoms with Crippen LogP contribution in [-0.4, -0.2) is 16.8 Å². The monoisotopic (exact) mass is 248 g/mol. The van der Waals surface area contributed by atoms with Gasteiger partial charge in [0.05, 0.1) is 5.04 Å². The van der Waals surface area contributed by atoms with E-state index in [4.69, 9.17) is 0 Å². The molecule has 1 aromatic heterocycles. The van der Waals surface area contributed by atoms with Crippen molar-refractivity contribution in [1.82, 2.24) is 0 Å². The van der Waals surface area contributed by atoms with Crippen molar-refractivity contribution in [2.75, 3.05) is 0 Å². The van der Waals surface area contributed by atoms with Crippen molar-refractivity contribution >= 4 is 45.5 Å². The first-order chi connectivity index (χ1) is 7.75. The lowest BCUT2D eigenvalue weighted by Crippen LogP contribution is -2.23. The van der Waals surface area contributed by atoms with Gasteiger partial charge in [0.25, 0.3) is 5.91 Å². The molecule has 0 aromatic carbocycles. The minimum atomic E-state index is -0.257. The number of hydrogen-bond acceptors (Lipinski definition) is 4. The van der Waals surface area contributed by atoms with Crippen LogP contribution in [0, 0.1) is 5.92 Å². The number of nitrogens with zero attached hydrogens (tertiary/aromatic N) is 2. The van der Waals surface area contributed by atoms with Crippen molar-refractivity contribution in [1.29, 1.82) is 0 Å². The zero-order chi connectivity index (χ0) is 11.1. The van der Waals surface area contributed by atoms with Crippen LogP contribution in [0.5, 0.6) is 0 Å². The van der Waals surface area contributed by atoms with E-state index < -0.39 is 0 Å². The molecule has 0 radical (unpaired) electrons. The molecule has 0 saturated carbocycles. The van der Waals surface area contributed by atoms with Crippen LogP contribution in [0.4, 0.5) is 0 Å². The molecule has 80 valence electrons. The fraction of sp³-hybridized carbons (Fsp3) is 0.182. The van der Waals surface area contributed by atoms with Crippen LogP contribution in [0.25, 0.3) is 5.57 Å². The molecule has 0 fully saturated rings. The fourth-order valence-electron chi connectivity index (χ4n) is 1.77. The summed E-state index contributed by atoms with van der Waals surface area (Å²) < 4.78 is 0. The molecule has 3 heterocycles. The molecule has 2 aliphatic rings. The number of carbonyl (C=O) groups is 1. The number of amides is 1. The first-order valence-corrected chi connectivity index (χ1v) is 6.60. The fourth-order valence-corrected chi connectivity index (χ4v) is 3.68. The largest absolute Gasteiger partial charge is 0.271 e. The quantitative estimate of drug-likeness (QED) is 0.767. The molecule has 0 bridgehead atoms. The Hall–Kier alpha value is -1.20. The molecule has 2 aliphatic heterocycles. The van der Waals surface area contributed by atoms with Gasteiger partial charge in [0, 0.05) is 4.88 Å². The number of hydrogen-bond donors (Lipinski definition) is 0. The molecule has 0 saturated heterocycles. The van der Waals surface area contributed by atoms with Crippen molar-refractivity contribution in [3.63, 3.8) is 0 Å². The predicted octanol–water partition coefficient (Wildman–Crippen LogP) is 2.81. The summed E-state index contributed by atoms with van der Waals surface area (Å²) in [7, 11) is 0. The van der Waals surface area contributed by atoms with Gasteiger partial charge in [-0.2, -0.15) is 4.99 Å². The molecule has 1 unspecified atom stereocenters. The van der Waals surface area contributed by atoms with E-state index in [1.54, 1.807) is 18.3 Å². The third-order valence-electron chi connectivity index (χ3n) is 2.46. The third-order valence-corrected chi connectivity index (χ3v) is 4.32. The number of fused-ring (bicyclic) bond motifs is 1. The zero-order valence-corrected chi connectivity index (χ0v) is 10.1. The van der Waals surface area contributed by atoms with E-state index in [0.717, 1.165) is 15.5 Å². The second-order valence-electron chi connectivity index (χ2n) is 3.55. The minimum Gasteiger partial charge on any atom is -0.271 e. The Labute approximate surface area is 101 Å². The smallest absolute Gasteiger partial charge is 0.261 e. The summed E-state index contributed by atoms with van der Waals surface area (Å²) in [5.74, 6) is 0.212. The third kappa shape index (κ3) is 1.47. The average Bonchev–Trinajstić information content (AvgIpc) is 2.82. The molecule has 0 aliphatic carbocycles. The number of carbonyl (C=O) groups excluding carboxylic acids is 1. The van der Waals surface area contributed by atoms with Crippen LogP contribution in [0.3, 0.4) is 0 Å². The highest BCUT2D eigenvalue weighted by atomic mass is 32.2. The minimum absolute atomic E-state index is 0.0906. The van der Waals surface area contributed by atoms with Gasteiger partial charge in [0.1, 0.15) is 11.8 Å². The van der Waals surface area contributed by atoms with E-state index >= 15 is 0 Å². The highest BCUT2D eigenvalue weighted by Crippen LogP contribution is 2.41. The standard InChI is InChI=1S/C11H8N2OS2/c1-6-12-10(14)9-7(5-16-11(9)13-6)8-3-2-4-15-8/h2-5,9H,1H3. The van der Waals surface area contributed by atoms with Gasteiger partial charge in [-0.3, -0.25) is 4.79 Å². The summed E-state index contributed by atoms with van der Waals surface area (Å²) in [6.07, 6.45) is 0. The van der Waals surface area contributed by atoms with Gasteiger partial charge in [-0.25, -0.2) is 4.99 Å². The maximum Gasteiger partial charge on any atom is 0.261 e. The Kier molecular flexibility index (Phi) is 2.29. The number of aliphatic imine (C=N–C) groups is 2. The van der Waals surface area contributed by atoms with Crippen LogP contribution in [-0.2, 0) is 4.79 Å². The van der Waals surface area contributed by atoms with Gasteiger partial charge >= 0.3 is 0 Å². The van der Waals surface area contributed by atoms with Gasteiger partial charge < -0.3 is 0 Å². The van der Waals surface area contributed by atoms with E-state index in [0.29, 0.717) is 5.84 Å². The highest BCUT2D eigenvalue weighted by molar-refractivity contribution is 8.17. The summed E-state index contributed by atoms with van der Waals surface area (Å²) in [6.45, 7) is 1.75. The topological polar surface area (TPSA) is 41.8 Å². The Balaban J connectivity index is 2.03. The number of amidine groups is 1. The highest BCUT2D eigenvalue weighted by Gasteiger charge is 2.36. The SMILES string of the molecule is CC1=NC(=O)C2C(c3cccs3)=CSC2=N1.